The fourth-order valence-corrected chi connectivity index (χ4v) is 3.52. The van der Waals surface area contributed by atoms with Crippen LogP contribution >= 0.6 is 11.6 Å². The number of rotatable bonds is 5. The maximum Gasteiger partial charge on any atom is 0.0512 e. The van der Waals surface area contributed by atoms with Gasteiger partial charge in [-0.05, 0) is 24.5 Å². The van der Waals surface area contributed by atoms with E-state index in [9.17, 15) is 0 Å². The smallest absolute Gasteiger partial charge is 0.0512 e. The van der Waals surface area contributed by atoms with E-state index < -0.39 is 0 Å². The van der Waals surface area contributed by atoms with Crippen molar-refractivity contribution in [1.29, 1.82) is 0 Å². The molecular formula is C17H28ClN3. The summed E-state index contributed by atoms with van der Waals surface area (Å²) in [6, 6.07) is 8.37. The van der Waals surface area contributed by atoms with Crippen LogP contribution in [0, 0.1) is 5.92 Å². The summed E-state index contributed by atoms with van der Waals surface area (Å²) in [5.74, 6) is 0.726. The van der Waals surface area contributed by atoms with Crippen LogP contribution < -0.4 is 5.73 Å². The van der Waals surface area contributed by atoms with E-state index in [1.807, 2.05) is 18.2 Å². The van der Waals surface area contributed by atoms with E-state index in [-0.39, 0.29) is 12.1 Å². The molecule has 0 saturated carbocycles. The van der Waals surface area contributed by atoms with Gasteiger partial charge in [-0.3, -0.25) is 4.90 Å². The second-order valence-corrected chi connectivity index (χ2v) is 6.96. The quantitative estimate of drug-likeness (QED) is 0.907. The number of piperazine rings is 1. The predicted molar refractivity (Wildman–Crippen MR) is 90.7 cm³/mol. The predicted octanol–water partition coefficient (Wildman–Crippen LogP) is 3.00. The Bertz CT molecular complexity index is 439. The summed E-state index contributed by atoms with van der Waals surface area (Å²) in [6.07, 6.45) is 0. The lowest BCUT2D eigenvalue weighted by Crippen LogP contribution is -2.51. The topological polar surface area (TPSA) is 32.5 Å². The Morgan fingerprint density at radius 3 is 2.24 bits per heavy atom. The number of halogens is 1. The van der Waals surface area contributed by atoms with Crippen molar-refractivity contribution < 1.29 is 0 Å². The minimum Gasteiger partial charge on any atom is -0.326 e. The van der Waals surface area contributed by atoms with Crippen molar-refractivity contribution in [2.45, 2.75) is 32.9 Å². The van der Waals surface area contributed by atoms with Gasteiger partial charge in [-0.15, -0.1) is 0 Å². The molecule has 1 aromatic rings. The van der Waals surface area contributed by atoms with Crippen LogP contribution in [-0.4, -0.2) is 48.6 Å². The van der Waals surface area contributed by atoms with E-state index in [0.29, 0.717) is 0 Å². The Labute approximate surface area is 134 Å². The molecule has 1 heterocycles. The zero-order valence-corrected chi connectivity index (χ0v) is 14.2. The monoisotopic (exact) mass is 309 g/mol. The summed E-state index contributed by atoms with van der Waals surface area (Å²) in [6.45, 7) is 12.2. The van der Waals surface area contributed by atoms with Crippen molar-refractivity contribution in [3.63, 3.8) is 0 Å². The zero-order chi connectivity index (χ0) is 15.4. The third-order valence-electron chi connectivity index (χ3n) is 4.15. The molecule has 2 unspecified atom stereocenters. The van der Waals surface area contributed by atoms with Crippen LogP contribution in [0.4, 0.5) is 0 Å². The van der Waals surface area contributed by atoms with Crippen LogP contribution in [0.2, 0.25) is 5.02 Å². The van der Waals surface area contributed by atoms with Crippen molar-refractivity contribution in [2.24, 2.45) is 11.7 Å². The van der Waals surface area contributed by atoms with Crippen molar-refractivity contribution >= 4 is 11.6 Å². The van der Waals surface area contributed by atoms with E-state index in [1.54, 1.807) is 0 Å². The van der Waals surface area contributed by atoms with Gasteiger partial charge >= 0.3 is 0 Å². The van der Waals surface area contributed by atoms with E-state index in [0.717, 1.165) is 42.7 Å². The molecule has 0 aromatic heterocycles. The Hall–Kier alpha value is -0.610. The second kappa shape index (κ2) is 7.59. The molecule has 21 heavy (non-hydrogen) atoms. The first-order chi connectivity index (χ1) is 9.99. The molecule has 2 N–H and O–H groups in total. The van der Waals surface area contributed by atoms with Crippen LogP contribution in [0.1, 0.15) is 32.4 Å². The van der Waals surface area contributed by atoms with E-state index in [1.165, 1.54) is 6.54 Å². The molecule has 1 fully saturated rings. The van der Waals surface area contributed by atoms with Gasteiger partial charge in [0.15, 0.2) is 0 Å². The highest BCUT2D eigenvalue weighted by Crippen LogP contribution is 2.30. The Balaban J connectivity index is 2.06. The lowest BCUT2D eigenvalue weighted by Gasteiger charge is -2.41. The van der Waals surface area contributed by atoms with Gasteiger partial charge in [-0.25, -0.2) is 0 Å². The molecule has 2 atom stereocenters. The van der Waals surface area contributed by atoms with E-state index >= 15 is 0 Å². The summed E-state index contributed by atoms with van der Waals surface area (Å²) in [5.41, 5.74) is 7.43. The molecule has 1 aliphatic heterocycles. The molecule has 0 radical (unpaired) electrons. The standard InChI is InChI=1S/C17H28ClN3/c1-13(2)12-20-8-10-21(11-9-20)17(14(3)19)15-6-4-5-7-16(15)18/h4-7,13-14,17H,8-12,19H2,1-3H3. The van der Waals surface area contributed by atoms with Gasteiger partial charge in [0.1, 0.15) is 0 Å². The van der Waals surface area contributed by atoms with Crippen LogP contribution in [0.25, 0.3) is 0 Å². The number of hydrogen-bond donors (Lipinski definition) is 1. The van der Waals surface area contributed by atoms with Gasteiger partial charge in [-0.2, -0.15) is 0 Å². The largest absolute Gasteiger partial charge is 0.326 e. The van der Waals surface area contributed by atoms with E-state index in [2.05, 4.69) is 36.6 Å². The Morgan fingerprint density at radius 1 is 1.10 bits per heavy atom. The van der Waals surface area contributed by atoms with Gasteiger partial charge in [-0.1, -0.05) is 43.6 Å². The first-order valence-electron chi connectivity index (χ1n) is 7.95. The Kier molecular flexibility index (Phi) is 6.06. The third-order valence-corrected chi connectivity index (χ3v) is 4.49. The number of nitrogens with two attached hydrogens (primary N) is 1. The molecule has 2 rings (SSSR count). The first-order valence-corrected chi connectivity index (χ1v) is 8.33. The average molecular weight is 310 g/mol. The Morgan fingerprint density at radius 2 is 1.71 bits per heavy atom. The van der Waals surface area contributed by atoms with Crippen LogP contribution in [0.5, 0.6) is 0 Å². The highest BCUT2D eigenvalue weighted by atomic mass is 35.5. The molecule has 0 bridgehead atoms. The van der Waals surface area contributed by atoms with Gasteiger partial charge in [0, 0.05) is 43.8 Å². The first kappa shape index (κ1) is 16.8. The lowest BCUT2D eigenvalue weighted by atomic mass is 9.98. The van der Waals surface area contributed by atoms with Crippen molar-refractivity contribution in [1.82, 2.24) is 9.80 Å². The SMILES string of the molecule is CC(C)CN1CCN(C(c2ccccc2Cl)C(C)N)CC1. The molecule has 1 aliphatic rings. The zero-order valence-electron chi connectivity index (χ0n) is 13.4. The highest BCUT2D eigenvalue weighted by Gasteiger charge is 2.28. The van der Waals surface area contributed by atoms with E-state index in [4.69, 9.17) is 17.3 Å². The van der Waals surface area contributed by atoms with Crippen molar-refractivity contribution in [3.8, 4) is 0 Å². The normalized spacial score (nSPS) is 20.7. The average Bonchev–Trinajstić information content (AvgIpc) is 2.42. The van der Waals surface area contributed by atoms with Crippen molar-refractivity contribution in [3.05, 3.63) is 34.9 Å². The van der Waals surface area contributed by atoms with Gasteiger partial charge < -0.3 is 10.6 Å². The summed E-state index contributed by atoms with van der Waals surface area (Å²) < 4.78 is 0. The van der Waals surface area contributed by atoms with Crippen LogP contribution in [0.3, 0.4) is 0 Å². The second-order valence-electron chi connectivity index (χ2n) is 6.56. The molecule has 4 heteroatoms. The number of nitrogens with zero attached hydrogens (tertiary/aromatic N) is 2. The lowest BCUT2D eigenvalue weighted by molar-refractivity contribution is 0.0805. The van der Waals surface area contributed by atoms with Gasteiger partial charge in [0.05, 0.1) is 6.04 Å². The van der Waals surface area contributed by atoms with Crippen LogP contribution in [-0.2, 0) is 0 Å². The van der Waals surface area contributed by atoms with Gasteiger partial charge in [0.2, 0.25) is 0 Å². The highest BCUT2D eigenvalue weighted by molar-refractivity contribution is 6.31. The molecule has 0 aliphatic carbocycles. The minimum absolute atomic E-state index is 0.0709. The molecule has 0 amide bonds. The molecule has 1 aromatic carbocycles. The maximum absolute atomic E-state index is 6.39. The van der Waals surface area contributed by atoms with Crippen molar-refractivity contribution in [2.75, 3.05) is 32.7 Å². The molecule has 3 nitrogen and oxygen atoms in total. The molecule has 0 spiro atoms. The summed E-state index contributed by atoms with van der Waals surface area (Å²) >= 11 is 6.39. The molecular weight excluding hydrogens is 282 g/mol. The fraction of sp³-hybridized carbons (Fsp3) is 0.647. The summed E-state index contributed by atoms with van der Waals surface area (Å²) in [4.78, 5) is 5.04. The molecule has 1 saturated heterocycles. The summed E-state index contributed by atoms with van der Waals surface area (Å²) in [7, 11) is 0. The molecule has 118 valence electrons. The third kappa shape index (κ3) is 4.43. The maximum atomic E-state index is 6.39. The summed E-state index contributed by atoms with van der Waals surface area (Å²) in [5, 5.41) is 0.824. The minimum atomic E-state index is 0.0709. The number of hydrogen-bond acceptors (Lipinski definition) is 3. The van der Waals surface area contributed by atoms with Gasteiger partial charge in [0.25, 0.3) is 0 Å². The fourth-order valence-electron chi connectivity index (χ4n) is 3.27. The van der Waals surface area contributed by atoms with Crippen LogP contribution in [0.15, 0.2) is 24.3 Å². The number of benzene rings is 1.